The van der Waals surface area contributed by atoms with Crippen LogP contribution in [0.15, 0.2) is 16.6 Å². The van der Waals surface area contributed by atoms with Gasteiger partial charge in [0, 0.05) is 4.47 Å². The summed E-state index contributed by atoms with van der Waals surface area (Å²) in [5, 5.41) is 4.10. The first-order valence-corrected chi connectivity index (χ1v) is 7.97. The molecule has 0 radical (unpaired) electrons. The molecule has 0 bridgehead atoms. The average molecular weight is 349 g/mol. The van der Waals surface area contributed by atoms with Crippen LogP contribution in [0.3, 0.4) is 0 Å². The molecule has 0 saturated carbocycles. The van der Waals surface area contributed by atoms with Gasteiger partial charge >= 0.3 is 0 Å². The lowest BCUT2D eigenvalue weighted by molar-refractivity contribution is 0.303. The van der Waals surface area contributed by atoms with Gasteiger partial charge in [-0.15, -0.1) is 0 Å². The maximum Gasteiger partial charge on any atom is 0.140 e. The van der Waals surface area contributed by atoms with Gasteiger partial charge < -0.3 is 10.1 Å². The summed E-state index contributed by atoms with van der Waals surface area (Å²) < 4.78 is 6.76. The second-order valence-electron chi connectivity index (χ2n) is 5.19. The van der Waals surface area contributed by atoms with Crippen molar-refractivity contribution in [2.75, 3.05) is 19.7 Å². The maximum atomic E-state index is 6.16. The second-order valence-corrected chi connectivity index (χ2v) is 6.51. The Kier molecular flexibility index (Phi) is 7.81. The molecule has 2 nitrogen and oxygen atoms in total. The first-order valence-electron chi connectivity index (χ1n) is 6.80. The van der Waals surface area contributed by atoms with Crippen LogP contribution in [0.4, 0.5) is 0 Å². The van der Waals surface area contributed by atoms with Crippen molar-refractivity contribution < 1.29 is 4.74 Å². The molecule has 0 heterocycles. The van der Waals surface area contributed by atoms with Gasteiger partial charge in [-0.05, 0) is 56.5 Å². The smallest absolute Gasteiger partial charge is 0.140 e. The molecule has 0 amide bonds. The van der Waals surface area contributed by atoms with Crippen LogP contribution in [-0.4, -0.2) is 19.7 Å². The predicted octanol–water partition coefficient (Wildman–Crippen LogP) is 4.82. The van der Waals surface area contributed by atoms with Crippen LogP contribution >= 0.6 is 27.5 Å². The van der Waals surface area contributed by atoms with Crippen LogP contribution in [0.5, 0.6) is 5.75 Å². The van der Waals surface area contributed by atoms with Gasteiger partial charge in [0.15, 0.2) is 0 Å². The summed E-state index contributed by atoms with van der Waals surface area (Å²) in [6.45, 7) is 9.29. The fourth-order valence-electron chi connectivity index (χ4n) is 1.79. The monoisotopic (exact) mass is 347 g/mol. The van der Waals surface area contributed by atoms with Gasteiger partial charge in [0.2, 0.25) is 0 Å². The third-order valence-corrected chi connectivity index (χ3v) is 3.48. The lowest BCUT2D eigenvalue weighted by atomic mass is 10.2. The molecule has 1 rings (SSSR count). The number of rotatable bonds is 8. The molecule has 1 N–H and O–H groups in total. The molecule has 0 fully saturated rings. The van der Waals surface area contributed by atoms with E-state index >= 15 is 0 Å². The number of aryl methyl sites for hydroxylation is 1. The number of ether oxygens (including phenoxy) is 1. The Morgan fingerprint density at radius 2 is 2.05 bits per heavy atom. The fourth-order valence-corrected chi connectivity index (χ4v) is 2.81. The summed E-state index contributed by atoms with van der Waals surface area (Å²) in [5.41, 5.74) is 1.07. The summed E-state index contributed by atoms with van der Waals surface area (Å²) in [7, 11) is 0. The molecular formula is C15H23BrClNO. The quantitative estimate of drug-likeness (QED) is 0.680. The fraction of sp³-hybridized carbons (Fsp3) is 0.600. The van der Waals surface area contributed by atoms with Crippen LogP contribution in [0.25, 0.3) is 0 Å². The Morgan fingerprint density at radius 3 is 2.68 bits per heavy atom. The highest BCUT2D eigenvalue weighted by atomic mass is 79.9. The van der Waals surface area contributed by atoms with Gasteiger partial charge in [0.05, 0.1) is 11.6 Å². The molecular weight excluding hydrogens is 326 g/mol. The SMILES string of the molecule is Cc1cc(Br)cc(Cl)c1OCCCCNCC(C)C. The highest BCUT2D eigenvalue weighted by Crippen LogP contribution is 2.32. The molecule has 0 aromatic heterocycles. The van der Waals surface area contributed by atoms with Crippen molar-refractivity contribution in [3.63, 3.8) is 0 Å². The Bertz CT molecular complexity index is 373. The van der Waals surface area contributed by atoms with E-state index in [1.165, 1.54) is 0 Å². The van der Waals surface area contributed by atoms with Crippen molar-refractivity contribution in [1.29, 1.82) is 0 Å². The van der Waals surface area contributed by atoms with Crippen LogP contribution in [0, 0.1) is 12.8 Å². The van der Waals surface area contributed by atoms with Gasteiger partial charge in [0.1, 0.15) is 5.75 Å². The minimum atomic E-state index is 0.671. The zero-order valence-corrected chi connectivity index (χ0v) is 14.3. The van der Waals surface area contributed by atoms with E-state index in [4.69, 9.17) is 16.3 Å². The summed E-state index contributed by atoms with van der Waals surface area (Å²) in [6, 6.07) is 3.89. The van der Waals surface area contributed by atoms with Gasteiger partial charge in [0.25, 0.3) is 0 Å². The van der Waals surface area contributed by atoms with Gasteiger partial charge in [-0.2, -0.15) is 0 Å². The van der Waals surface area contributed by atoms with E-state index in [0.29, 0.717) is 17.5 Å². The Labute approximate surface area is 130 Å². The summed E-state index contributed by atoms with van der Waals surface area (Å²) in [5.74, 6) is 1.51. The second kappa shape index (κ2) is 8.83. The highest BCUT2D eigenvalue weighted by Gasteiger charge is 2.06. The molecule has 0 unspecified atom stereocenters. The Hall–Kier alpha value is -0.250. The summed E-state index contributed by atoms with van der Waals surface area (Å²) >= 11 is 9.59. The Balaban J connectivity index is 2.23. The lowest BCUT2D eigenvalue weighted by Gasteiger charge is -2.12. The van der Waals surface area contributed by atoms with Crippen molar-refractivity contribution in [3.8, 4) is 5.75 Å². The molecule has 0 atom stereocenters. The Morgan fingerprint density at radius 1 is 1.32 bits per heavy atom. The van der Waals surface area contributed by atoms with Gasteiger partial charge in [-0.1, -0.05) is 41.4 Å². The third kappa shape index (κ3) is 6.64. The number of nitrogens with one attached hydrogen (secondary N) is 1. The maximum absolute atomic E-state index is 6.16. The van der Waals surface area contributed by atoms with E-state index in [0.717, 1.165) is 41.7 Å². The number of unbranched alkanes of at least 4 members (excludes halogenated alkanes) is 1. The normalized spacial score (nSPS) is 11.1. The third-order valence-electron chi connectivity index (χ3n) is 2.74. The molecule has 0 aliphatic carbocycles. The van der Waals surface area contributed by atoms with Crippen LogP contribution in [0.1, 0.15) is 32.3 Å². The lowest BCUT2D eigenvalue weighted by Crippen LogP contribution is -2.21. The predicted molar refractivity (Wildman–Crippen MR) is 86.3 cm³/mol. The van der Waals surface area contributed by atoms with Gasteiger partial charge in [-0.3, -0.25) is 0 Å². The minimum absolute atomic E-state index is 0.671. The molecule has 1 aromatic rings. The molecule has 0 aliphatic heterocycles. The summed E-state index contributed by atoms with van der Waals surface area (Å²) in [4.78, 5) is 0. The first kappa shape index (κ1) is 16.8. The molecule has 0 spiro atoms. The van der Waals surface area contributed by atoms with E-state index < -0.39 is 0 Å². The number of benzene rings is 1. The van der Waals surface area contributed by atoms with Crippen molar-refractivity contribution in [1.82, 2.24) is 5.32 Å². The van der Waals surface area contributed by atoms with Crippen molar-refractivity contribution in [2.24, 2.45) is 5.92 Å². The zero-order chi connectivity index (χ0) is 14.3. The van der Waals surface area contributed by atoms with Crippen molar-refractivity contribution in [3.05, 3.63) is 27.2 Å². The molecule has 0 saturated heterocycles. The number of hydrogen-bond acceptors (Lipinski definition) is 2. The van der Waals surface area contributed by atoms with Crippen molar-refractivity contribution in [2.45, 2.75) is 33.6 Å². The standard InChI is InChI=1S/C15H23BrClNO/c1-11(2)10-18-6-4-5-7-19-15-12(3)8-13(16)9-14(15)17/h8-9,11,18H,4-7,10H2,1-3H3. The topological polar surface area (TPSA) is 21.3 Å². The van der Waals surface area contributed by atoms with E-state index in [1.54, 1.807) is 0 Å². The van der Waals surface area contributed by atoms with Crippen molar-refractivity contribution >= 4 is 27.5 Å². The zero-order valence-electron chi connectivity index (χ0n) is 11.9. The van der Waals surface area contributed by atoms with Crippen LogP contribution in [0.2, 0.25) is 5.02 Å². The van der Waals surface area contributed by atoms with E-state index in [9.17, 15) is 0 Å². The van der Waals surface area contributed by atoms with Gasteiger partial charge in [-0.25, -0.2) is 0 Å². The first-order chi connectivity index (χ1) is 9.00. The largest absolute Gasteiger partial charge is 0.492 e. The summed E-state index contributed by atoms with van der Waals surface area (Å²) in [6.07, 6.45) is 2.16. The molecule has 0 aliphatic rings. The molecule has 1 aromatic carbocycles. The highest BCUT2D eigenvalue weighted by molar-refractivity contribution is 9.10. The number of hydrogen-bond donors (Lipinski definition) is 1. The molecule has 108 valence electrons. The molecule has 4 heteroatoms. The van der Waals surface area contributed by atoms with E-state index in [2.05, 4.69) is 35.1 Å². The van der Waals surface area contributed by atoms with Crippen LogP contribution < -0.4 is 10.1 Å². The average Bonchev–Trinajstić information content (AvgIpc) is 2.30. The van der Waals surface area contributed by atoms with E-state index in [1.807, 2.05) is 19.1 Å². The van der Waals surface area contributed by atoms with Crippen LogP contribution in [-0.2, 0) is 0 Å². The van der Waals surface area contributed by atoms with E-state index in [-0.39, 0.29) is 0 Å². The molecule has 19 heavy (non-hydrogen) atoms. The number of halogens is 2. The minimum Gasteiger partial charge on any atom is -0.492 e.